The van der Waals surface area contributed by atoms with Crippen LogP contribution in [0.4, 0.5) is 0 Å². The molecule has 0 bridgehead atoms. The van der Waals surface area contributed by atoms with E-state index >= 15 is 0 Å². The van der Waals surface area contributed by atoms with Crippen LogP contribution in [0.15, 0.2) is 47.6 Å². The molecule has 5 nitrogen and oxygen atoms in total. The van der Waals surface area contributed by atoms with Gasteiger partial charge >= 0.3 is 0 Å². The molecule has 0 saturated heterocycles. The van der Waals surface area contributed by atoms with Crippen molar-refractivity contribution in [2.24, 2.45) is 5.10 Å². The van der Waals surface area contributed by atoms with Gasteiger partial charge < -0.3 is 14.8 Å². The highest BCUT2D eigenvalue weighted by molar-refractivity contribution is 7.80. The largest absolute Gasteiger partial charge is 0.497 e. The number of hydrogen-bond acceptors (Lipinski definition) is 4. The summed E-state index contributed by atoms with van der Waals surface area (Å²) in [6.07, 6.45) is 0. The van der Waals surface area contributed by atoms with Crippen molar-refractivity contribution in [3.05, 3.63) is 58.6 Å². The predicted molar refractivity (Wildman–Crippen MR) is 106 cm³/mol. The minimum absolute atomic E-state index is 0.427. The fourth-order valence-corrected chi connectivity index (χ4v) is 2.41. The lowest BCUT2D eigenvalue weighted by Gasteiger charge is -2.11. The summed E-state index contributed by atoms with van der Waals surface area (Å²) in [7, 11) is 3.25. The molecule has 0 unspecified atom stereocenters. The number of benzene rings is 2. The molecule has 0 aliphatic rings. The first kappa shape index (κ1) is 19.0. The molecular formula is C18H20ClN3O2S. The molecule has 7 heteroatoms. The van der Waals surface area contributed by atoms with Gasteiger partial charge in [-0.3, -0.25) is 5.43 Å². The van der Waals surface area contributed by atoms with Gasteiger partial charge in [0, 0.05) is 17.1 Å². The second-order valence-corrected chi connectivity index (χ2v) is 6.03. The van der Waals surface area contributed by atoms with Crippen molar-refractivity contribution in [3.63, 3.8) is 0 Å². The second-order valence-electron chi connectivity index (χ2n) is 5.18. The van der Waals surface area contributed by atoms with E-state index in [0.717, 1.165) is 16.9 Å². The average Bonchev–Trinajstić information content (AvgIpc) is 2.64. The van der Waals surface area contributed by atoms with E-state index in [0.29, 0.717) is 28.1 Å². The summed E-state index contributed by atoms with van der Waals surface area (Å²) in [5.74, 6) is 1.52. The zero-order valence-electron chi connectivity index (χ0n) is 14.3. The lowest BCUT2D eigenvalue weighted by molar-refractivity contribution is 0.414. The molecule has 0 fully saturated rings. The number of halogens is 1. The molecule has 0 aromatic heterocycles. The number of ether oxygens (including phenoxy) is 2. The zero-order valence-corrected chi connectivity index (χ0v) is 15.9. The van der Waals surface area contributed by atoms with Crippen LogP contribution in [0.5, 0.6) is 11.5 Å². The monoisotopic (exact) mass is 377 g/mol. The Labute approximate surface area is 158 Å². The molecule has 132 valence electrons. The van der Waals surface area contributed by atoms with E-state index < -0.39 is 0 Å². The van der Waals surface area contributed by atoms with Crippen molar-refractivity contribution in [1.29, 1.82) is 0 Å². The van der Waals surface area contributed by atoms with Crippen LogP contribution in [0.2, 0.25) is 5.02 Å². The van der Waals surface area contributed by atoms with Gasteiger partial charge in [-0.25, -0.2) is 0 Å². The Morgan fingerprint density at radius 3 is 2.48 bits per heavy atom. The van der Waals surface area contributed by atoms with Crippen LogP contribution >= 0.6 is 23.8 Å². The summed E-state index contributed by atoms with van der Waals surface area (Å²) in [6.45, 7) is 2.44. The minimum atomic E-state index is 0.427. The summed E-state index contributed by atoms with van der Waals surface area (Å²) in [5.41, 5.74) is 5.44. The summed E-state index contributed by atoms with van der Waals surface area (Å²) in [5, 5.41) is 8.43. The second kappa shape index (κ2) is 9.25. The maximum Gasteiger partial charge on any atom is 0.187 e. The Bertz CT molecular complexity index is 763. The third-order valence-corrected chi connectivity index (χ3v) is 3.96. The molecule has 0 amide bonds. The summed E-state index contributed by atoms with van der Waals surface area (Å²) in [4.78, 5) is 0. The molecular weight excluding hydrogens is 358 g/mol. The van der Waals surface area contributed by atoms with Crippen molar-refractivity contribution < 1.29 is 9.47 Å². The normalized spacial score (nSPS) is 11.0. The highest BCUT2D eigenvalue weighted by atomic mass is 35.5. The van der Waals surface area contributed by atoms with E-state index in [-0.39, 0.29) is 0 Å². The molecule has 0 saturated carbocycles. The Morgan fingerprint density at radius 2 is 1.84 bits per heavy atom. The van der Waals surface area contributed by atoms with Crippen molar-refractivity contribution >= 4 is 34.6 Å². The molecule has 2 N–H and O–H groups in total. The van der Waals surface area contributed by atoms with Gasteiger partial charge in [-0.1, -0.05) is 23.7 Å². The standard InChI is InChI=1S/C18H20ClN3O2S/c1-12(16-10-14(19)6-9-17(16)24-3)21-22-18(25)20-11-13-4-7-15(23-2)8-5-13/h4-10H,11H2,1-3H3,(H2,20,22,25)/b21-12-. The molecule has 2 aromatic rings. The summed E-state index contributed by atoms with van der Waals surface area (Å²) < 4.78 is 10.5. The topological polar surface area (TPSA) is 54.9 Å². The smallest absolute Gasteiger partial charge is 0.187 e. The first-order chi connectivity index (χ1) is 12.0. The number of methoxy groups -OCH3 is 2. The minimum Gasteiger partial charge on any atom is -0.497 e. The van der Waals surface area contributed by atoms with Crippen molar-refractivity contribution in [1.82, 2.24) is 10.7 Å². The maximum atomic E-state index is 6.04. The SMILES string of the molecule is COc1ccc(CNC(=S)N/N=C(/C)c2cc(Cl)ccc2OC)cc1. The van der Waals surface area contributed by atoms with Crippen LogP contribution in [0, 0.1) is 0 Å². The third-order valence-electron chi connectivity index (χ3n) is 3.49. The number of nitrogens with zero attached hydrogens (tertiary/aromatic N) is 1. The van der Waals surface area contributed by atoms with Crippen LogP contribution in [0.1, 0.15) is 18.1 Å². The Balaban J connectivity index is 1.93. The molecule has 0 spiro atoms. The molecule has 0 radical (unpaired) electrons. The van der Waals surface area contributed by atoms with Gasteiger partial charge in [0.25, 0.3) is 0 Å². The van der Waals surface area contributed by atoms with Crippen LogP contribution in [0.3, 0.4) is 0 Å². The lowest BCUT2D eigenvalue weighted by Crippen LogP contribution is -2.32. The summed E-state index contributed by atoms with van der Waals surface area (Å²) >= 11 is 11.3. The van der Waals surface area contributed by atoms with Crippen molar-refractivity contribution in [2.45, 2.75) is 13.5 Å². The summed E-state index contributed by atoms with van der Waals surface area (Å²) in [6, 6.07) is 13.1. The van der Waals surface area contributed by atoms with Crippen LogP contribution < -0.4 is 20.2 Å². The Kier molecular flexibility index (Phi) is 7.03. The quantitative estimate of drug-likeness (QED) is 0.456. The van der Waals surface area contributed by atoms with Crippen LogP contribution in [0.25, 0.3) is 0 Å². The van der Waals surface area contributed by atoms with Gasteiger partial charge in [0.05, 0.1) is 19.9 Å². The van der Waals surface area contributed by atoms with Gasteiger partial charge in [-0.15, -0.1) is 0 Å². The number of hydrogen-bond donors (Lipinski definition) is 2. The van der Waals surface area contributed by atoms with Crippen LogP contribution in [-0.4, -0.2) is 25.0 Å². The van der Waals surface area contributed by atoms with Gasteiger partial charge in [0.2, 0.25) is 0 Å². The number of nitrogens with one attached hydrogen (secondary N) is 2. The molecule has 2 rings (SSSR count). The maximum absolute atomic E-state index is 6.04. The fourth-order valence-electron chi connectivity index (χ4n) is 2.12. The van der Waals surface area contributed by atoms with Crippen LogP contribution in [-0.2, 0) is 6.54 Å². The lowest BCUT2D eigenvalue weighted by atomic mass is 10.1. The molecule has 0 heterocycles. The van der Waals surface area contributed by atoms with Gasteiger partial charge in [-0.05, 0) is 55.0 Å². The van der Waals surface area contributed by atoms with Crippen molar-refractivity contribution in [2.75, 3.05) is 14.2 Å². The van der Waals surface area contributed by atoms with E-state index in [1.165, 1.54) is 0 Å². The third kappa shape index (κ3) is 5.62. The van der Waals surface area contributed by atoms with E-state index in [2.05, 4.69) is 15.8 Å². The van der Waals surface area contributed by atoms with Gasteiger partial charge in [0.1, 0.15) is 11.5 Å². The molecule has 25 heavy (non-hydrogen) atoms. The van der Waals surface area contributed by atoms with Gasteiger partial charge in [0.15, 0.2) is 5.11 Å². The van der Waals surface area contributed by atoms with E-state index in [9.17, 15) is 0 Å². The highest BCUT2D eigenvalue weighted by Crippen LogP contribution is 2.23. The number of rotatable bonds is 6. The first-order valence-electron chi connectivity index (χ1n) is 7.58. The molecule has 2 aromatic carbocycles. The predicted octanol–water partition coefficient (Wildman–Crippen LogP) is 3.75. The highest BCUT2D eigenvalue weighted by Gasteiger charge is 2.07. The number of thiocarbonyl (C=S) groups is 1. The first-order valence-corrected chi connectivity index (χ1v) is 8.37. The number of hydrazone groups is 1. The van der Waals surface area contributed by atoms with Crippen molar-refractivity contribution in [3.8, 4) is 11.5 Å². The average molecular weight is 378 g/mol. The Morgan fingerprint density at radius 1 is 1.12 bits per heavy atom. The molecule has 0 aliphatic carbocycles. The van der Waals surface area contributed by atoms with E-state index in [1.54, 1.807) is 32.4 Å². The van der Waals surface area contributed by atoms with E-state index in [1.807, 2.05) is 31.2 Å². The molecule has 0 atom stereocenters. The van der Waals surface area contributed by atoms with E-state index in [4.69, 9.17) is 33.3 Å². The zero-order chi connectivity index (χ0) is 18.2. The molecule has 0 aliphatic heterocycles. The Hall–Kier alpha value is -2.31. The fraction of sp³-hybridized carbons (Fsp3) is 0.222. The van der Waals surface area contributed by atoms with Gasteiger partial charge in [-0.2, -0.15) is 5.10 Å².